The van der Waals surface area contributed by atoms with Crippen LogP contribution in [0.3, 0.4) is 0 Å². The maximum absolute atomic E-state index is 12.8. The molecule has 0 aliphatic carbocycles. The number of sulfone groups is 1. The van der Waals surface area contributed by atoms with Gasteiger partial charge in [0.2, 0.25) is 5.91 Å². The molecule has 22 heavy (non-hydrogen) atoms. The summed E-state index contributed by atoms with van der Waals surface area (Å²) >= 11 is 0. The topological polar surface area (TPSA) is 91.9 Å². The first-order valence-electron chi connectivity index (χ1n) is 6.63. The molecule has 6 nitrogen and oxygen atoms in total. The largest absolute Gasteiger partial charge is 0.350 e. The Morgan fingerprint density at radius 1 is 1.32 bits per heavy atom. The van der Waals surface area contributed by atoms with Crippen LogP contribution in [0.15, 0.2) is 41.4 Å². The molecule has 8 heteroatoms. The molecule has 118 valence electrons. The van der Waals surface area contributed by atoms with E-state index in [1.165, 1.54) is 19.1 Å². The molecule has 1 amide bonds. The maximum Gasteiger partial charge on any atom is 0.224 e. The SMILES string of the molecule is C[C@@H](CS(=O)(=O)c1ccc(F)cc1)C(=O)NCc1ccn[nH]1. The van der Waals surface area contributed by atoms with E-state index in [0.29, 0.717) is 0 Å². The second-order valence-electron chi connectivity index (χ2n) is 4.94. The molecule has 1 atom stereocenters. The van der Waals surface area contributed by atoms with Crippen LogP contribution in [0.25, 0.3) is 0 Å². The molecule has 0 bridgehead atoms. The number of halogens is 1. The van der Waals surface area contributed by atoms with Crippen LogP contribution in [-0.4, -0.2) is 30.3 Å². The number of carbonyl (C=O) groups is 1. The molecule has 2 N–H and O–H groups in total. The zero-order chi connectivity index (χ0) is 16.2. The Balaban J connectivity index is 1.96. The zero-order valence-corrected chi connectivity index (χ0v) is 12.7. The first-order valence-corrected chi connectivity index (χ1v) is 8.28. The highest BCUT2D eigenvalue weighted by Gasteiger charge is 2.23. The second-order valence-corrected chi connectivity index (χ2v) is 6.97. The number of hydrogen-bond donors (Lipinski definition) is 2. The average Bonchev–Trinajstić information content (AvgIpc) is 2.98. The molecule has 2 aromatic rings. The summed E-state index contributed by atoms with van der Waals surface area (Å²) < 4.78 is 37.2. The van der Waals surface area contributed by atoms with Gasteiger partial charge in [0.25, 0.3) is 0 Å². The summed E-state index contributed by atoms with van der Waals surface area (Å²) in [6.45, 7) is 1.78. The first-order chi connectivity index (χ1) is 10.4. The molecule has 2 rings (SSSR count). The van der Waals surface area contributed by atoms with Crippen molar-refractivity contribution >= 4 is 15.7 Å². The molecule has 0 aliphatic rings. The van der Waals surface area contributed by atoms with E-state index in [0.717, 1.165) is 17.8 Å². The number of nitrogens with zero attached hydrogens (tertiary/aromatic N) is 1. The van der Waals surface area contributed by atoms with Gasteiger partial charge in [0, 0.05) is 12.1 Å². The molecule has 1 heterocycles. The fraction of sp³-hybridized carbons (Fsp3) is 0.286. The van der Waals surface area contributed by atoms with Crippen LogP contribution >= 0.6 is 0 Å². The molecule has 1 aromatic carbocycles. The normalized spacial score (nSPS) is 12.8. The third-order valence-electron chi connectivity index (χ3n) is 3.10. The molecule has 0 spiro atoms. The first kappa shape index (κ1) is 16.2. The number of aromatic nitrogens is 2. The van der Waals surface area contributed by atoms with Gasteiger partial charge in [0.05, 0.1) is 22.9 Å². The van der Waals surface area contributed by atoms with E-state index in [1.54, 1.807) is 12.3 Å². The van der Waals surface area contributed by atoms with Gasteiger partial charge in [0.1, 0.15) is 5.82 Å². The Labute approximate surface area is 127 Å². The maximum atomic E-state index is 12.8. The van der Waals surface area contributed by atoms with Crippen LogP contribution in [0.2, 0.25) is 0 Å². The van der Waals surface area contributed by atoms with E-state index < -0.39 is 21.6 Å². The molecule has 0 saturated heterocycles. The lowest BCUT2D eigenvalue weighted by atomic mass is 10.2. The van der Waals surface area contributed by atoms with E-state index in [9.17, 15) is 17.6 Å². The Morgan fingerprint density at radius 2 is 2.00 bits per heavy atom. The van der Waals surface area contributed by atoms with E-state index in [-0.39, 0.29) is 23.1 Å². The van der Waals surface area contributed by atoms with Gasteiger partial charge < -0.3 is 5.32 Å². The number of amides is 1. The monoisotopic (exact) mass is 325 g/mol. The standard InChI is InChI=1S/C14H16FN3O3S/c1-10(14(19)16-8-12-6-7-17-18-12)9-22(20,21)13-4-2-11(15)3-5-13/h2-7,10H,8-9H2,1H3,(H,16,19)(H,17,18)/t10-/m0/s1. The van der Waals surface area contributed by atoms with E-state index in [2.05, 4.69) is 15.5 Å². The molecule has 1 aromatic heterocycles. The Morgan fingerprint density at radius 3 is 2.59 bits per heavy atom. The quantitative estimate of drug-likeness (QED) is 0.783. The van der Waals surface area contributed by atoms with Crippen LogP contribution in [0.4, 0.5) is 4.39 Å². The van der Waals surface area contributed by atoms with E-state index in [4.69, 9.17) is 0 Å². The van der Waals surface area contributed by atoms with Crippen LogP contribution in [0.5, 0.6) is 0 Å². The molecule has 0 aliphatic heterocycles. The molecule has 0 radical (unpaired) electrons. The number of H-pyrrole nitrogens is 1. The number of carbonyl (C=O) groups excluding carboxylic acids is 1. The van der Waals surface area contributed by atoms with Crippen molar-refractivity contribution in [2.75, 3.05) is 5.75 Å². The van der Waals surface area contributed by atoms with Crippen molar-refractivity contribution in [1.82, 2.24) is 15.5 Å². The van der Waals surface area contributed by atoms with Crippen molar-refractivity contribution in [3.05, 3.63) is 48.0 Å². The number of nitrogens with one attached hydrogen (secondary N) is 2. The third kappa shape index (κ3) is 4.14. The minimum atomic E-state index is -3.64. The van der Waals surface area contributed by atoms with Gasteiger partial charge in [-0.15, -0.1) is 0 Å². The molecule has 0 fully saturated rings. The van der Waals surface area contributed by atoms with E-state index in [1.807, 2.05) is 0 Å². The summed E-state index contributed by atoms with van der Waals surface area (Å²) in [7, 11) is -3.64. The number of hydrogen-bond acceptors (Lipinski definition) is 4. The predicted molar refractivity (Wildman–Crippen MR) is 78.1 cm³/mol. The summed E-state index contributed by atoms with van der Waals surface area (Å²) in [5.41, 5.74) is 0.724. The Bertz CT molecular complexity index is 727. The summed E-state index contributed by atoms with van der Waals surface area (Å²) in [5.74, 6) is -1.95. The second kappa shape index (κ2) is 6.69. The highest BCUT2D eigenvalue weighted by molar-refractivity contribution is 7.91. The number of aromatic amines is 1. The minimum absolute atomic E-state index is 0.00196. The summed E-state index contributed by atoms with van der Waals surface area (Å²) in [6.07, 6.45) is 1.56. The van der Waals surface area contributed by atoms with Gasteiger partial charge in [-0.1, -0.05) is 6.92 Å². The average molecular weight is 325 g/mol. The molecule has 0 unspecified atom stereocenters. The Hall–Kier alpha value is -2.22. The third-order valence-corrected chi connectivity index (χ3v) is 5.03. The molecular formula is C14H16FN3O3S. The lowest BCUT2D eigenvalue weighted by Gasteiger charge is -2.12. The van der Waals surface area contributed by atoms with Crippen molar-refractivity contribution in [3.8, 4) is 0 Å². The fourth-order valence-corrected chi connectivity index (χ4v) is 3.44. The van der Waals surface area contributed by atoms with Crippen molar-refractivity contribution in [2.24, 2.45) is 5.92 Å². The van der Waals surface area contributed by atoms with Gasteiger partial charge in [-0.3, -0.25) is 9.89 Å². The van der Waals surface area contributed by atoms with Crippen LogP contribution in [0.1, 0.15) is 12.6 Å². The van der Waals surface area contributed by atoms with Crippen LogP contribution in [0, 0.1) is 11.7 Å². The van der Waals surface area contributed by atoms with Crippen molar-refractivity contribution in [2.45, 2.75) is 18.4 Å². The van der Waals surface area contributed by atoms with Crippen molar-refractivity contribution in [3.63, 3.8) is 0 Å². The Kier molecular flexibility index (Phi) is 4.92. The highest BCUT2D eigenvalue weighted by atomic mass is 32.2. The lowest BCUT2D eigenvalue weighted by Crippen LogP contribution is -2.32. The van der Waals surface area contributed by atoms with Gasteiger partial charge in [0.15, 0.2) is 9.84 Å². The van der Waals surface area contributed by atoms with Gasteiger partial charge >= 0.3 is 0 Å². The smallest absolute Gasteiger partial charge is 0.224 e. The predicted octanol–water partition coefficient (Wildman–Crippen LogP) is 1.27. The van der Waals surface area contributed by atoms with Crippen LogP contribution < -0.4 is 5.32 Å². The summed E-state index contributed by atoms with van der Waals surface area (Å²) in [6, 6.07) is 6.26. The van der Waals surface area contributed by atoms with Gasteiger partial charge in [-0.05, 0) is 30.3 Å². The summed E-state index contributed by atoms with van der Waals surface area (Å²) in [4.78, 5) is 11.9. The van der Waals surface area contributed by atoms with E-state index >= 15 is 0 Å². The minimum Gasteiger partial charge on any atom is -0.350 e. The fourth-order valence-electron chi connectivity index (χ4n) is 1.88. The highest BCUT2D eigenvalue weighted by Crippen LogP contribution is 2.15. The van der Waals surface area contributed by atoms with Crippen LogP contribution in [-0.2, 0) is 21.2 Å². The molecule has 0 saturated carbocycles. The summed E-state index contributed by atoms with van der Waals surface area (Å²) in [5, 5.41) is 9.07. The number of rotatable bonds is 6. The van der Waals surface area contributed by atoms with Gasteiger partial charge in [-0.2, -0.15) is 5.10 Å². The zero-order valence-electron chi connectivity index (χ0n) is 11.9. The van der Waals surface area contributed by atoms with Crippen molar-refractivity contribution in [1.29, 1.82) is 0 Å². The van der Waals surface area contributed by atoms with Gasteiger partial charge in [-0.25, -0.2) is 12.8 Å². The van der Waals surface area contributed by atoms with Crippen molar-refractivity contribution < 1.29 is 17.6 Å². The number of benzene rings is 1. The lowest BCUT2D eigenvalue weighted by molar-refractivity contribution is -0.124. The molecular weight excluding hydrogens is 309 g/mol.